The van der Waals surface area contributed by atoms with Crippen LogP contribution >= 0.6 is 11.6 Å². The Hall–Kier alpha value is -0.530. The predicted octanol–water partition coefficient (Wildman–Crippen LogP) is 3.29. The lowest BCUT2D eigenvalue weighted by Gasteiger charge is -2.17. The summed E-state index contributed by atoms with van der Waals surface area (Å²) in [7, 11) is 0. The molecule has 1 nitrogen and oxygen atoms in total. The van der Waals surface area contributed by atoms with Crippen LogP contribution in [0.4, 0.5) is 0 Å². The molecule has 0 aliphatic heterocycles. The van der Waals surface area contributed by atoms with E-state index in [-0.39, 0.29) is 6.10 Å². The number of halogens is 1. The monoisotopic (exact) mass is 212 g/mol. The molecule has 14 heavy (non-hydrogen) atoms. The summed E-state index contributed by atoms with van der Waals surface area (Å²) in [6, 6.07) is 7.82. The smallest absolute Gasteiger partial charge is 0.0566 e. The molecule has 0 heterocycles. The molecule has 1 aromatic rings. The van der Waals surface area contributed by atoms with Gasteiger partial charge in [0.15, 0.2) is 0 Å². The number of aliphatic hydroxyl groups is 1. The summed E-state index contributed by atoms with van der Waals surface area (Å²) in [6.45, 7) is 4.06. The zero-order valence-electron chi connectivity index (χ0n) is 8.70. The van der Waals surface area contributed by atoms with Gasteiger partial charge in [-0.3, -0.25) is 0 Å². The van der Waals surface area contributed by atoms with Gasteiger partial charge < -0.3 is 5.11 Å². The van der Waals surface area contributed by atoms with Crippen LogP contribution in [-0.2, 0) is 6.42 Å². The summed E-state index contributed by atoms with van der Waals surface area (Å²) in [6.07, 6.45) is 1.48. The van der Waals surface area contributed by atoms with E-state index < -0.39 is 0 Å². The van der Waals surface area contributed by atoms with Crippen molar-refractivity contribution in [1.29, 1.82) is 0 Å². The van der Waals surface area contributed by atoms with Gasteiger partial charge >= 0.3 is 0 Å². The molecule has 1 N–H and O–H groups in total. The highest BCUT2D eigenvalue weighted by Crippen LogP contribution is 2.17. The first-order chi connectivity index (χ1) is 6.63. The third-order valence-corrected chi connectivity index (χ3v) is 2.76. The molecule has 1 aromatic carbocycles. The molecule has 1 rings (SSSR count). The Bertz CT molecular complexity index is 285. The summed E-state index contributed by atoms with van der Waals surface area (Å²) in [5, 5.41) is 10.4. The second-order valence-corrected chi connectivity index (χ2v) is 4.22. The number of hydrogen-bond acceptors (Lipinski definition) is 1. The Morgan fingerprint density at radius 2 is 2.14 bits per heavy atom. The van der Waals surface area contributed by atoms with E-state index in [1.807, 2.05) is 31.2 Å². The Morgan fingerprint density at radius 1 is 1.43 bits per heavy atom. The lowest BCUT2D eigenvalue weighted by Crippen LogP contribution is -2.18. The molecule has 2 heteroatoms. The van der Waals surface area contributed by atoms with Crippen LogP contribution in [0.25, 0.3) is 0 Å². The van der Waals surface area contributed by atoms with Crippen molar-refractivity contribution in [3.05, 3.63) is 34.9 Å². The highest BCUT2D eigenvalue weighted by atomic mass is 35.5. The molecule has 0 spiro atoms. The van der Waals surface area contributed by atoms with Gasteiger partial charge in [-0.2, -0.15) is 0 Å². The first-order valence-electron chi connectivity index (χ1n) is 5.06. The molecule has 0 aliphatic rings. The van der Waals surface area contributed by atoms with Crippen molar-refractivity contribution in [3.8, 4) is 0 Å². The molecule has 0 amide bonds. The van der Waals surface area contributed by atoms with Crippen LogP contribution in [0, 0.1) is 5.92 Å². The molecular weight excluding hydrogens is 196 g/mol. The Kier molecular flexibility index (Phi) is 4.43. The van der Waals surface area contributed by atoms with Crippen LogP contribution in [0.2, 0.25) is 5.02 Å². The molecule has 0 bridgehead atoms. The number of benzene rings is 1. The van der Waals surface area contributed by atoms with E-state index >= 15 is 0 Å². The molecule has 0 saturated heterocycles. The van der Waals surface area contributed by atoms with Crippen LogP contribution in [0.15, 0.2) is 24.3 Å². The number of hydrogen-bond donors (Lipinski definition) is 1. The van der Waals surface area contributed by atoms with E-state index in [2.05, 4.69) is 6.92 Å². The lowest BCUT2D eigenvalue weighted by molar-refractivity contribution is 0.113. The third kappa shape index (κ3) is 3.32. The fourth-order valence-electron chi connectivity index (χ4n) is 1.57. The highest BCUT2D eigenvalue weighted by molar-refractivity contribution is 6.30. The van der Waals surface area contributed by atoms with Crippen molar-refractivity contribution >= 4 is 11.6 Å². The minimum Gasteiger partial charge on any atom is -0.393 e. The second-order valence-electron chi connectivity index (χ2n) is 3.79. The van der Waals surface area contributed by atoms with E-state index in [4.69, 9.17) is 11.6 Å². The summed E-state index contributed by atoms with van der Waals surface area (Å²) in [5.74, 6) is 0.290. The molecule has 0 aromatic heterocycles. The van der Waals surface area contributed by atoms with Gasteiger partial charge in [0.25, 0.3) is 0 Å². The Morgan fingerprint density at radius 3 is 2.71 bits per heavy atom. The minimum atomic E-state index is -0.214. The fourth-order valence-corrected chi connectivity index (χ4v) is 1.79. The Labute approximate surface area is 90.7 Å². The van der Waals surface area contributed by atoms with Crippen molar-refractivity contribution in [1.82, 2.24) is 0 Å². The van der Waals surface area contributed by atoms with Crippen LogP contribution < -0.4 is 0 Å². The van der Waals surface area contributed by atoms with Crippen LogP contribution in [0.1, 0.15) is 25.8 Å². The van der Waals surface area contributed by atoms with Crippen molar-refractivity contribution in [2.75, 3.05) is 0 Å². The highest BCUT2D eigenvalue weighted by Gasteiger charge is 2.12. The Balaban J connectivity index is 2.60. The van der Waals surface area contributed by atoms with Gasteiger partial charge in [0.1, 0.15) is 0 Å². The van der Waals surface area contributed by atoms with Gasteiger partial charge in [-0.15, -0.1) is 0 Å². The molecule has 78 valence electrons. The molecular formula is C12H17ClO. The van der Waals surface area contributed by atoms with Gasteiger partial charge in [-0.05, 0) is 36.5 Å². The molecule has 2 atom stereocenters. The summed E-state index contributed by atoms with van der Waals surface area (Å²) in [5.41, 5.74) is 1.19. The summed E-state index contributed by atoms with van der Waals surface area (Å²) in [4.78, 5) is 0. The minimum absolute atomic E-state index is 0.214. The van der Waals surface area contributed by atoms with E-state index in [1.165, 1.54) is 5.56 Å². The van der Waals surface area contributed by atoms with Gasteiger partial charge in [-0.1, -0.05) is 37.6 Å². The molecule has 0 fully saturated rings. The fraction of sp³-hybridized carbons (Fsp3) is 0.500. The maximum atomic E-state index is 9.62. The zero-order chi connectivity index (χ0) is 10.6. The van der Waals surface area contributed by atoms with Crippen LogP contribution in [0.3, 0.4) is 0 Å². The number of aliphatic hydroxyl groups excluding tert-OH is 1. The van der Waals surface area contributed by atoms with E-state index in [9.17, 15) is 5.11 Å². The standard InChI is InChI=1S/C12H17ClO/c1-3-12(14)9(2)7-10-5-4-6-11(13)8-10/h4-6,8-9,12,14H,3,7H2,1-2H3. The zero-order valence-corrected chi connectivity index (χ0v) is 9.46. The summed E-state index contributed by atoms with van der Waals surface area (Å²) < 4.78 is 0. The first kappa shape index (κ1) is 11.5. The van der Waals surface area contributed by atoms with Crippen molar-refractivity contribution in [2.45, 2.75) is 32.8 Å². The van der Waals surface area contributed by atoms with E-state index in [1.54, 1.807) is 0 Å². The topological polar surface area (TPSA) is 20.2 Å². The van der Waals surface area contributed by atoms with E-state index in [0.29, 0.717) is 5.92 Å². The van der Waals surface area contributed by atoms with Gasteiger partial charge in [0.05, 0.1) is 6.10 Å². The van der Waals surface area contributed by atoms with Gasteiger partial charge in [0, 0.05) is 5.02 Å². The maximum Gasteiger partial charge on any atom is 0.0566 e. The van der Waals surface area contributed by atoms with Crippen molar-refractivity contribution < 1.29 is 5.11 Å². The van der Waals surface area contributed by atoms with Gasteiger partial charge in [0.2, 0.25) is 0 Å². The SMILES string of the molecule is CCC(O)C(C)Cc1cccc(Cl)c1. The molecule has 0 radical (unpaired) electrons. The number of rotatable bonds is 4. The maximum absolute atomic E-state index is 9.62. The first-order valence-corrected chi connectivity index (χ1v) is 5.43. The van der Waals surface area contributed by atoms with Crippen molar-refractivity contribution in [3.63, 3.8) is 0 Å². The average molecular weight is 213 g/mol. The third-order valence-electron chi connectivity index (χ3n) is 2.52. The lowest BCUT2D eigenvalue weighted by atomic mass is 9.94. The summed E-state index contributed by atoms with van der Waals surface area (Å²) >= 11 is 5.88. The molecule has 0 saturated carbocycles. The largest absolute Gasteiger partial charge is 0.393 e. The van der Waals surface area contributed by atoms with Crippen molar-refractivity contribution in [2.24, 2.45) is 5.92 Å². The predicted molar refractivity (Wildman–Crippen MR) is 60.6 cm³/mol. The van der Waals surface area contributed by atoms with Crippen LogP contribution in [-0.4, -0.2) is 11.2 Å². The quantitative estimate of drug-likeness (QED) is 0.812. The molecule has 0 aliphatic carbocycles. The second kappa shape index (κ2) is 5.38. The molecule has 2 unspecified atom stereocenters. The van der Waals surface area contributed by atoms with E-state index in [0.717, 1.165) is 17.9 Å². The van der Waals surface area contributed by atoms with Gasteiger partial charge in [-0.25, -0.2) is 0 Å². The van der Waals surface area contributed by atoms with Crippen LogP contribution in [0.5, 0.6) is 0 Å². The average Bonchev–Trinajstić information content (AvgIpc) is 2.16. The normalized spacial score (nSPS) is 15.1.